The molecule has 0 saturated heterocycles. The van der Waals surface area contributed by atoms with Crippen molar-refractivity contribution in [2.45, 2.75) is 12.5 Å². The summed E-state index contributed by atoms with van der Waals surface area (Å²) in [6, 6.07) is -0.0816. The third-order valence-corrected chi connectivity index (χ3v) is 1.84. The molecule has 0 saturated carbocycles. The van der Waals surface area contributed by atoms with Crippen molar-refractivity contribution in [3.8, 4) is 0 Å². The van der Waals surface area contributed by atoms with Gasteiger partial charge in [-0.2, -0.15) is 0 Å². The van der Waals surface area contributed by atoms with Gasteiger partial charge in [-0.05, 0) is 6.42 Å². The van der Waals surface area contributed by atoms with E-state index in [1.165, 1.54) is 0 Å². The molecular formula is C8H13N3O3. The van der Waals surface area contributed by atoms with Gasteiger partial charge in [-0.25, -0.2) is 5.48 Å². The summed E-state index contributed by atoms with van der Waals surface area (Å²) in [6.07, 6.45) is 4.04. The number of hydrogen-bond donors (Lipinski definition) is 3. The molecule has 0 aromatic carbocycles. The summed E-state index contributed by atoms with van der Waals surface area (Å²) in [7, 11) is 0. The van der Waals surface area contributed by atoms with E-state index in [0.29, 0.717) is 6.42 Å². The Labute approximate surface area is 81.2 Å². The van der Waals surface area contributed by atoms with E-state index in [2.05, 4.69) is 10.3 Å². The quantitative estimate of drug-likeness (QED) is 0.375. The minimum absolute atomic E-state index is 0.0816. The summed E-state index contributed by atoms with van der Waals surface area (Å²) in [4.78, 5) is 26.1. The zero-order chi connectivity index (χ0) is 10.6. The van der Waals surface area contributed by atoms with Gasteiger partial charge >= 0.3 is 0 Å². The average Bonchev–Trinajstić information content (AvgIpc) is 2.51. The van der Waals surface area contributed by atoms with Crippen LogP contribution in [0, 0.1) is 5.92 Å². The van der Waals surface area contributed by atoms with Crippen molar-refractivity contribution in [1.82, 2.24) is 5.48 Å². The molecule has 0 aliphatic heterocycles. The van der Waals surface area contributed by atoms with E-state index in [0.717, 1.165) is 0 Å². The Kier molecular flexibility index (Phi) is 3.61. The number of primary amides is 1. The van der Waals surface area contributed by atoms with Crippen LogP contribution in [-0.2, 0) is 14.4 Å². The van der Waals surface area contributed by atoms with Crippen LogP contribution in [0.15, 0.2) is 12.2 Å². The second kappa shape index (κ2) is 4.73. The highest BCUT2D eigenvalue weighted by Gasteiger charge is 2.22. The zero-order valence-corrected chi connectivity index (χ0v) is 7.60. The summed E-state index contributed by atoms with van der Waals surface area (Å²) in [5.74, 6) is -1.22. The lowest BCUT2D eigenvalue weighted by Gasteiger charge is -2.09. The Balaban J connectivity index is 2.22. The van der Waals surface area contributed by atoms with Gasteiger partial charge in [-0.1, -0.05) is 12.2 Å². The molecule has 1 aliphatic carbocycles. The molecule has 2 unspecified atom stereocenters. The average molecular weight is 199 g/mol. The summed E-state index contributed by atoms with van der Waals surface area (Å²) in [5.41, 5.74) is 12.5. The second-order valence-corrected chi connectivity index (χ2v) is 3.11. The lowest BCUT2D eigenvalue weighted by atomic mass is 10.1. The van der Waals surface area contributed by atoms with Crippen LogP contribution in [0.4, 0.5) is 0 Å². The molecule has 0 radical (unpaired) electrons. The predicted molar refractivity (Wildman–Crippen MR) is 48.5 cm³/mol. The van der Waals surface area contributed by atoms with E-state index in [4.69, 9.17) is 11.5 Å². The highest BCUT2D eigenvalue weighted by Crippen LogP contribution is 2.15. The largest absolute Gasteiger partial charge is 0.368 e. The smallest absolute Gasteiger partial charge is 0.250 e. The first-order valence-corrected chi connectivity index (χ1v) is 4.23. The van der Waals surface area contributed by atoms with Crippen LogP contribution in [0.2, 0.25) is 0 Å². The van der Waals surface area contributed by atoms with E-state index in [9.17, 15) is 9.59 Å². The number of carbonyl (C=O) groups is 2. The van der Waals surface area contributed by atoms with Gasteiger partial charge in [0, 0.05) is 6.04 Å². The number of rotatable bonds is 4. The topological polar surface area (TPSA) is 107 Å². The van der Waals surface area contributed by atoms with Crippen molar-refractivity contribution in [1.29, 1.82) is 0 Å². The lowest BCUT2D eigenvalue weighted by Crippen LogP contribution is -2.33. The summed E-state index contributed by atoms with van der Waals surface area (Å²) in [5, 5.41) is 0. The van der Waals surface area contributed by atoms with Gasteiger partial charge in [0.2, 0.25) is 5.91 Å². The fourth-order valence-corrected chi connectivity index (χ4v) is 1.18. The molecule has 2 amide bonds. The first kappa shape index (κ1) is 10.7. The van der Waals surface area contributed by atoms with Gasteiger partial charge in [0.1, 0.15) is 0 Å². The maximum Gasteiger partial charge on any atom is 0.250 e. The van der Waals surface area contributed by atoms with Crippen molar-refractivity contribution in [2.75, 3.05) is 6.61 Å². The molecule has 2 atom stereocenters. The second-order valence-electron chi connectivity index (χ2n) is 3.11. The van der Waals surface area contributed by atoms with Crippen LogP contribution in [0.1, 0.15) is 6.42 Å². The Morgan fingerprint density at radius 2 is 2.21 bits per heavy atom. The molecule has 78 valence electrons. The molecular weight excluding hydrogens is 186 g/mol. The number of nitrogens with two attached hydrogens (primary N) is 2. The van der Waals surface area contributed by atoms with Gasteiger partial charge in [-0.15, -0.1) is 0 Å². The molecule has 5 N–H and O–H groups in total. The van der Waals surface area contributed by atoms with E-state index in [1.807, 2.05) is 0 Å². The van der Waals surface area contributed by atoms with Gasteiger partial charge < -0.3 is 11.5 Å². The molecule has 0 bridgehead atoms. The first-order valence-electron chi connectivity index (χ1n) is 4.23. The van der Waals surface area contributed by atoms with Gasteiger partial charge in [-0.3, -0.25) is 14.4 Å². The standard InChI is InChI=1S/C8H13N3O3/c9-6-2-1-5(3-6)8(13)11-14-4-7(10)12/h1-2,5-6H,3-4,9H2,(H2,10,12)(H,11,13). The molecule has 0 spiro atoms. The number of carbonyl (C=O) groups excluding carboxylic acids is 2. The van der Waals surface area contributed by atoms with Crippen LogP contribution in [0.25, 0.3) is 0 Å². The van der Waals surface area contributed by atoms with E-state index in [1.54, 1.807) is 12.2 Å². The fourth-order valence-electron chi connectivity index (χ4n) is 1.18. The minimum atomic E-state index is -0.635. The third kappa shape index (κ3) is 3.15. The lowest BCUT2D eigenvalue weighted by molar-refractivity contribution is -0.140. The molecule has 6 nitrogen and oxygen atoms in total. The molecule has 0 aromatic heterocycles. The van der Waals surface area contributed by atoms with Crippen LogP contribution in [0.3, 0.4) is 0 Å². The summed E-state index contributed by atoms with van der Waals surface area (Å²) >= 11 is 0. The van der Waals surface area contributed by atoms with Crippen LogP contribution < -0.4 is 16.9 Å². The first-order chi connectivity index (χ1) is 6.59. The predicted octanol–water partition coefficient (Wildman–Crippen LogP) is -1.58. The van der Waals surface area contributed by atoms with Gasteiger partial charge in [0.05, 0.1) is 5.92 Å². The summed E-state index contributed by atoms with van der Waals surface area (Å²) < 4.78 is 0. The van der Waals surface area contributed by atoms with E-state index < -0.39 is 5.91 Å². The molecule has 0 fully saturated rings. The minimum Gasteiger partial charge on any atom is -0.368 e. The van der Waals surface area contributed by atoms with Crippen LogP contribution >= 0.6 is 0 Å². The molecule has 0 heterocycles. The highest BCUT2D eigenvalue weighted by atomic mass is 16.7. The summed E-state index contributed by atoms with van der Waals surface area (Å²) in [6.45, 7) is -0.325. The molecule has 0 aromatic rings. The van der Waals surface area contributed by atoms with Crippen molar-refractivity contribution in [3.05, 3.63) is 12.2 Å². The van der Waals surface area contributed by atoms with Crippen molar-refractivity contribution in [3.63, 3.8) is 0 Å². The Morgan fingerprint density at radius 3 is 2.71 bits per heavy atom. The molecule has 14 heavy (non-hydrogen) atoms. The van der Waals surface area contributed by atoms with Crippen molar-refractivity contribution < 1.29 is 14.4 Å². The number of hydroxylamine groups is 1. The van der Waals surface area contributed by atoms with E-state index in [-0.39, 0.29) is 24.5 Å². The number of amides is 2. The SMILES string of the molecule is NC(=O)CONC(=O)C1C=CC(N)C1. The third-order valence-electron chi connectivity index (χ3n) is 1.84. The van der Waals surface area contributed by atoms with Crippen molar-refractivity contribution >= 4 is 11.8 Å². The van der Waals surface area contributed by atoms with Gasteiger partial charge in [0.15, 0.2) is 6.61 Å². The molecule has 1 rings (SSSR count). The molecule has 6 heteroatoms. The Bertz CT molecular complexity index is 265. The van der Waals surface area contributed by atoms with Crippen LogP contribution in [0.5, 0.6) is 0 Å². The Morgan fingerprint density at radius 1 is 1.50 bits per heavy atom. The zero-order valence-electron chi connectivity index (χ0n) is 7.60. The highest BCUT2D eigenvalue weighted by molar-refractivity contribution is 5.80. The maximum absolute atomic E-state index is 11.3. The van der Waals surface area contributed by atoms with Gasteiger partial charge in [0.25, 0.3) is 5.91 Å². The van der Waals surface area contributed by atoms with E-state index >= 15 is 0 Å². The molecule has 1 aliphatic rings. The number of hydrogen-bond acceptors (Lipinski definition) is 4. The number of nitrogens with one attached hydrogen (secondary N) is 1. The monoisotopic (exact) mass is 199 g/mol. The maximum atomic E-state index is 11.3. The van der Waals surface area contributed by atoms with Crippen molar-refractivity contribution in [2.24, 2.45) is 17.4 Å². The Hall–Kier alpha value is -1.40. The fraction of sp³-hybridized carbons (Fsp3) is 0.500. The normalized spacial score (nSPS) is 24.9. The van der Waals surface area contributed by atoms with Crippen LogP contribution in [-0.4, -0.2) is 24.5 Å².